The summed E-state index contributed by atoms with van der Waals surface area (Å²) in [4.78, 5) is 0. The molecule has 0 aliphatic carbocycles. The van der Waals surface area contributed by atoms with E-state index in [1.807, 2.05) is 0 Å². The van der Waals surface area contributed by atoms with Crippen molar-refractivity contribution in [1.82, 2.24) is 0 Å². The number of rotatable bonds is 50. The van der Waals surface area contributed by atoms with Gasteiger partial charge in [0.15, 0.2) is 0 Å². The van der Waals surface area contributed by atoms with Crippen molar-refractivity contribution >= 4 is 248 Å². The van der Waals surface area contributed by atoms with E-state index in [1.165, 1.54) is 354 Å². The van der Waals surface area contributed by atoms with Crippen LogP contribution < -0.4 is 0 Å². The molecule has 0 rings (SSSR count). The second-order valence-electron chi connectivity index (χ2n) is 22.7. The van der Waals surface area contributed by atoms with E-state index in [4.69, 9.17) is 0 Å². The van der Waals surface area contributed by atoms with E-state index in [1.54, 1.807) is 0 Å². The molecule has 0 fully saturated rings. The van der Waals surface area contributed by atoms with Crippen LogP contribution in [0, 0.1) is 0 Å². The first-order chi connectivity index (χ1) is 40.1. The molecular weight excluding hydrogens is 2260 g/mol. The van der Waals surface area contributed by atoms with Gasteiger partial charge in [0.05, 0.1) is 0 Å². The monoisotopic (exact) mass is 2410 g/mol. The first-order valence-electron chi connectivity index (χ1n) is 35.5. The van der Waals surface area contributed by atoms with Crippen molar-refractivity contribution in [1.29, 1.82) is 0 Å². The maximum absolute atomic E-state index is 2.48. The van der Waals surface area contributed by atoms with Crippen LogP contribution in [0.2, 0.25) is 0 Å². The average Bonchev–Trinajstić information content (AvgIpc) is 3.48. The second kappa shape index (κ2) is 127. The minimum atomic E-state index is 0.498. The highest BCUT2D eigenvalue weighted by atomic mass is 127. The van der Waals surface area contributed by atoms with Gasteiger partial charge < -0.3 is 0 Å². The van der Waals surface area contributed by atoms with Gasteiger partial charge in [-0.2, -0.15) is 0 Å². The van der Waals surface area contributed by atoms with Gasteiger partial charge in [0, 0.05) is 11.8 Å². The predicted octanol–water partition coefficient (Wildman–Crippen LogP) is 35.1. The van der Waals surface area contributed by atoms with Gasteiger partial charge in [-0.15, -0.1) is 0 Å². The summed E-state index contributed by atoms with van der Waals surface area (Å²) in [6.07, 6.45) is 70.2. The van der Waals surface area contributed by atoms with Crippen LogP contribution in [0.4, 0.5) is 0 Å². The summed E-state index contributed by atoms with van der Waals surface area (Å²) in [6.45, 7) is 26.8. The zero-order valence-corrected chi connectivity index (χ0v) is 82.0. The van der Waals surface area contributed by atoms with Crippen molar-refractivity contribution in [2.24, 2.45) is 0 Å². The van der Waals surface area contributed by atoms with Gasteiger partial charge in [-0.05, 0) is 93.2 Å². The molecule has 518 valence electrons. The first-order valence-corrected chi connectivity index (χ1v) is 51.6. The van der Waals surface area contributed by atoms with Gasteiger partial charge in [-0.1, -0.05) is 588 Å². The van der Waals surface area contributed by atoms with Crippen molar-refractivity contribution in [3.63, 3.8) is 0 Å². The van der Waals surface area contributed by atoms with E-state index >= 15 is 0 Å². The molecule has 0 aromatic heterocycles. The molecule has 1 unspecified atom stereocenters. The number of hydrogen-bond donors (Lipinski definition) is 0. The molecule has 0 aromatic carbocycles. The minimum absolute atomic E-state index is 0.498. The van der Waals surface area contributed by atoms with Gasteiger partial charge in [-0.25, -0.2) is 0 Å². The van der Waals surface area contributed by atoms with Gasteiger partial charge in [0.2, 0.25) is 0 Å². The SMILES string of the molecule is CC(C)(I)CI.CCC(C)I.CCCCCCCCCCCCCCCCI.CCCCCCCCCCCCI.CCCCCCCCCCI.CCCCCCCCI.CCCCCCI.CCCCCI.CCCCI.CCCI. The van der Waals surface area contributed by atoms with Crippen LogP contribution in [0.1, 0.15) is 398 Å². The average molecular weight is 2410 g/mol. The molecule has 0 spiro atoms. The molecule has 0 saturated heterocycles. The fraction of sp³-hybridized carbons (Fsp3) is 1.00. The summed E-state index contributed by atoms with van der Waals surface area (Å²) in [7, 11) is 0. The zero-order valence-electron chi connectivity index (χ0n) is 58.2. The molecule has 0 nitrogen and oxygen atoms in total. The van der Waals surface area contributed by atoms with Crippen LogP contribution in [0.5, 0.6) is 0 Å². The fourth-order valence-corrected chi connectivity index (χ4v) is 11.0. The topological polar surface area (TPSA) is 0 Å². The number of unbranched alkanes of at least 4 members (excludes halogenated alkanes) is 40. The Morgan fingerprint density at radius 2 is 0.325 bits per heavy atom. The van der Waals surface area contributed by atoms with Crippen LogP contribution in [-0.2, 0) is 0 Å². The highest BCUT2D eigenvalue weighted by molar-refractivity contribution is 14.1. The molecular formula is C72H153I11. The quantitative estimate of drug-likeness (QED) is 0.0324. The van der Waals surface area contributed by atoms with E-state index < -0.39 is 0 Å². The van der Waals surface area contributed by atoms with E-state index in [0.717, 1.165) is 3.92 Å². The molecule has 0 aliphatic heterocycles. The Kier molecular flexibility index (Phi) is 172. The summed E-state index contributed by atoms with van der Waals surface area (Å²) in [5, 5.41) is 0. The Hall–Kier alpha value is 8.03. The lowest BCUT2D eigenvalue weighted by Gasteiger charge is -2.08. The minimum Gasteiger partial charge on any atom is -0.0864 e. The third kappa shape index (κ3) is 187. The summed E-state index contributed by atoms with van der Waals surface area (Å²) in [6, 6.07) is 0. The Morgan fingerprint density at radius 1 is 0.217 bits per heavy atom. The normalized spacial score (nSPS) is 10.4. The Labute approximate surface area is 682 Å². The summed E-state index contributed by atoms with van der Waals surface area (Å²) < 4.78 is 13.2. The molecule has 83 heavy (non-hydrogen) atoms. The molecule has 11 heteroatoms. The van der Waals surface area contributed by atoms with Gasteiger partial charge >= 0.3 is 0 Å². The third-order valence-electron chi connectivity index (χ3n) is 12.7. The number of hydrogen-bond acceptors (Lipinski definition) is 0. The Balaban J connectivity index is -0.0000000922. The molecule has 0 N–H and O–H groups in total. The summed E-state index contributed by atoms with van der Waals surface area (Å²) in [5.41, 5.74) is 0. The molecule has 0 heterocycles. The molecule has 0 bridgehead atoms. The fourth-order valence-electron chi connectivity index (χ4n) is 6.97. The van der Waals surface area contributed by atoms with Crippen LogP contribution in [0.3, 0.4) is 0 Å². The van der Waals surface area contributed by atoms with Crippen LogP contribution in [0.15, 0.2) is 0 Å². The van der Waals surface area contributed by atoms with Crippen molar-refractivity contribution < 1.29 is 0 Å². The lowest BCUT2D eigenvalue weighted by molar-refractivity contribution is 0.539. The Bertz CT molecular complexity index is 798. The highest BCUT2D eigenvalue weighted by Crippen LogP contribution is 2.19. The number of alkyl halides is 11. The molecule has 0 amide bonds. The maximum Gasteiger partial charge on any atom is 0.0255 e. The lowest BCUT2D eigenvalue weighted by Crippen LogP contribution is -2.08. The third-order valence-corrected chi connectivity index (χ3v) is 23.8. The van der Waals surface area contributed by atoms with Crippen LogP contribution in [0.25, 0.3) is 0 Å². The van der Waals surface area contributed by atoms with Crippen molar-refractivity contribution in [3.8, 4) is 0 Å². The van der Waals surface area contributed by atoms with Gasteiger partial charge in [0.1, 0.15) is 0 Å². The summed E-state index contributed by atoms with van der Waals surface area (Å²) in [5.74, 6) is 0. The van der Waals surface area contributed by atoms with E-state index in [2.05, 4.69) is 332 Å². The molecule has 1 atom stereocenters. The Morgan fingerprint density at radius 3 is 0.410 bits per heavy atom. The predicted molar refractivity (Wildman–Crippen MR) is 499 cm³/mol. The second-order valence-corrected chi connectivity index (χ2v) is 37.1. The molecule has 0 aromatic rings. The van der Waals surface area contributed by atoms with Gasteiger partial charge in [0.25, 0.3) is 0 Å². The van der Waals surface area contributed by atoms with Crippen molar-refractivity contribution in [2.75, 3.05) is 39.8 Å². The van der Waals surface area contributed by atoms with Crippen LogP contribution in [-0.4, -0.2) is 47.2 Å². The standard InChI is InChI=1S/C16H33I.C12H25I.C10H21I.C8H17I.C6H13I.C5H11I.C4H8I2.2C4H9I.C3H7I/c1-2-3-4-5-6-7-8-9-10-11-12-13-14-15-16-17;1-2-3-4-5-6-7-8-9-10-11-12-13;1-2-3-4-5-6-7-8-9-10-11;1-2-3-4-5-6-7-8-9;1-2-3-4-5-6-7;1-2-3-4-5-6;1-4(2,6)3-5;1-3-4(2)5;1-2-3-4-5;1-2-3-4/h2-16H2,1H3;2-12H2,1H3;2-10H2,1H3;2-8H2,1H3;2-6H2,1H3;2-5H2,1H3;3H2,1-2H3;4H,3H2,1-2H3;2-4H2,1H3;2-3H2,1H3. The van der Waals surface area contributed by atoms with E-state index in [9.17, 15) is 0 Å². The van der Waals surface area contributed by atoms with Gasteiger partial charge in [-0.3, -0.25) is 0 Å². The largest absolute Gasteiger partial charge is 0.0864 e. The van der Waals surface area contributed by atoms with Crippen molar-refractivity contribution in [3.05, 3.63) is 0 Å². The van der Waals surface area contributed by atoms with E-state index in [-0.39, 0.29) is 0 Å². The molecule has 0 aliphatic rings. The van der Waals surface area contributed by atoms with E-state index in [0.29, 0.717) is 3.42 Å². The summed E-state index contributed by atoms with van der Waals surface area (Å²) >= 11 is 26.7. The maximum atomic E-state index is 2.48. The van der Waals surface area contributed by atoms with Crippen molar-refractivity contribution in [2.45, 2.75) is 405 Å². The molecule has 0 radical (unpaired) electrons. The first kappa shape index (κ1) is 112. The number of halogens is 11. The lowest BCUT2D eigenvalue weighted by atomic mass is 10.0. The smallest absolute Gasteiger partial charge is 0.0255 e. The molecule has 0 saturated carbocycles. The van der Waals surface area contributed by atoms with Crippen LogP contribution >= 0.6 is 248 Å². The zero-order chi connectivity index (χ0) is 65.1. The highest BCUT2D eigenvalue weighted by Gasteiger charge is 2.07.